The number of rotatable bonds is 8. The van der Waals surface area contributed by atoms with E-state index in [0.717, 1.165) is 37.4 Å². The van der Waals surface area contributed by atoms with Crippen molar-refractivity contribution in [3.63, 3.8) is 0 Å². The summed E-state index contributed by atoms with van der Waals surface area (Å²) in [6, 6.07) is 10.8. The monoisotopic (exact) mass is 535 g/mol. The van der Waals surface area contributed by atoms with Crippen LogP contribution in [0.1, 0.15) is 15.9 Å². The Morgan fingerprint density at radius 2 is 1.95 bits per heavy atom. The predicted octanol–water partition coefficient (Wildman–Crippen LogP) is 3.51. The number of piperazine rings is 1. The summed E-state index contributed by atoms with van der Waals surface area (Å²) in [4.78, 5) is 17.5. The molecule has 0 atom stereocenters. The number of hydrogen-bond acceptors (Lipinski definition) is 8. The van der Waals surface area contributed by atoms with E-state index in [1.54, 1.807) is 19.2 Å². The first-order chi connectivity index (χ1) is 19.0. The largest absolute Gasteiger partial charge is 0.488 e. The van der Waals surface area contributed by atoms with Crippen molar-refractivity contribution >= 4 is 16.8 Å². The molecule has 4 heterocycles. The van der Waals surface area contributed by atoms with E-state index in [2.05, 4.69) is 20.3 Å². The normalized spacial score (nSPS) is 16.5. The summed E-state index contributed by atoms with van der Waals surface area (Å²) < 4.78 is 35.9. The molecule has 0 unspecified atom stereocenters. The molecule has 39 heavy (non-hydrogen) atoms. The number of nitrogens with zero attached hydrogens (tertiary/aromatic N) is 4. The van der Waals surface area contributed by atoms with Crippen molar-refractivity contribution in [2.24, 2.45) is 0 Å². The number of benzene rings is 2. The molecular formula is C28H30FN5O5. The number of methoxy groups -OCH3 is 1. The number of amides is 1. The van der Waals surface area contributed by atoms with E-state index in [0.29, 0.717) is 59.4 Å². The van der Waals surface area contributed by atoms with Crippen LogP contribution in [0.2, 0.25) is 0 Å². The summed E-state index contributed by atoms with van der Waals surface area (Å²) in [5.74, 6) is 0.0551. The van der Waals surface area contributed by atoms with Crippen LogP contribution in [0.3, 0.4) is 0 Å². The lowest BCUT2D eigenvalue weighted by molar-refractivity contribution is -0.0746. The van der Waals surface area contributed by atoms with E-state index in [1.807, 2.05) is 30.0 Å². The van der Waals surface area contributed by atoms with Crippen LogP contribution in [0, 0.1) is 12.7 Å². The molecule has 0 bridgehead atoms. The Morgan fingerprint density at radius 3 is 2.67 bits per heavy atom. The van der Waals surface area contributed by atoms with Crippen LogP contribution in [0.25, 0.3) is 33.6 Å². The lowest BCUT2D eigenvalue weighted by Crippen LogP contribution is -2.57. The Labute approximate surface area is 224 Å². The molecule has 2 aliphatic rings. The maximum absolute atomic E-state index is 14.7. The molecule has 0 radical (unpaired) electrons. The second kappa shape index (κ2) is 10.8. The molecule has 2 saturated heterocycles. The highest BCUT2D eigenvalue weighted by atomic mass is 19.1. The maximum atomic E-state index is 14.7. The van der Waals surface area contributed by atoms with Gasteiger partial charge in [-0.1, -0.05) is 11.2 Å². The van der Waals surface area contributed by atoms with Crippen molar-refractivity contribution in [2.75, 3.05) is 59.7 Å². The highest BCUT2D eigenvalue weighted by Gasteiger charge is 2.31. The molecule has 1 N–H and O–H groups in total. The zero-order valence-electron chi connectivity index (χ0n) is 21.9. The molecule has 10 nitrogen and oxygen atoms in total. The second-order valence-electron chi connectivity index (χ2n) is 9.87. The average molecular weight is 536 g/mol. The Morgan fingerprint density at radius 1 is 1.13 bits per heavy atom. The number of H-pyrrole nitrogens is 1. The molecule has 0 spiro atoms. The lowest BCUT2D eigenvalue weighted by Gasteiger charge is -2.42. The number of hydrogen-bond donors (Lipinski definition) is 1. The van der Waals surface area contributed by atoms with Crippen LogP contribution in [-0.2, 0) is 9.47 Å². The zero-order chi connectivity index (χ0) is 26.9. The van der Waals surface area contributed by atoms with Gasteiger partial charge in [-0.05, 0) is 30.7 Å². The minimum absolute atomic E-state index is 0.0417. The van der Waals surface area contributed by atoms with E-state index >= 15 is 0 Å². The molecule has 0 saturated carbocycles. The Hall–Kier alpha value is -3.80. The fraction of sp³-hybridized carbons (Fsp3) is 0.393. The second-order valence-corrected chi connectivity index (χ2v) is 9.87. The Balaban J connectivity index is 1.17. The van der Waals surface area contributed by atoms with Crippen LogP contribution in [0.5, 0.6) is 5.75 Å². The van der Waals surface area contributed by atoms with Gasteiger partial charge in [0.15, 0.2) is 17.3 Å². The number of carbonyl (C=O) groups is 1. The first-order valence-electron chi connectivity index (χ1n) is 13.0. The van der Waals surface area contributed by atoms with Crippen LogP contribution in [0.4, 0.5) is 4.39 Å². The number of halogens is 1. The maximum Gasteiger partial charge on any atom is 0.254 e. The fourth-order valence-corrected chi connectivity index (χ4v) is 5.03. The third kappa shape index (κ3) is 5.00. The number of carbonyl (C=O) groups excluding carboxylic acids is 1. The van der Waals surface area contributed by atoms with Gasteiger partial charge in [-0.2, -0.15) is 5.10 Å². The molecule has 6 rings (SSSR count). The number of aromatic nitrogens is 3. The summed E-state index contributed by atoms with van der Waals surface area (Å²) >= 11 is 0. The van der Waals surface area contributed by atoms with Crippen molar-refractivity contribution in [3.05, 3.63) is 53.3 Å². The van der Waals surface area contributed by atoms with Gasteiger partial charge in [0.1, 0.15) is 18.0 Å². The molecule has 0 aliphatic carbocycles. The van der Waals surface area contributed by atoms with E-state index in [1.165, 1.54) is 6.07 Å². The van der Waals surface area contributed by atoms with Gasteiger partial charge in [0, 0.05) is 61.9 Å². The smallest absolute Gasteiger partial charge is 0.254 e. The molecule has 1 amide bonds. The molecular weight excluding hydrogens is 505 g/mol. The van der Waals surface area contributed by atoms with Crippen molar-refractivity contribution in [3.8, 4) is 28.5 Å². The van der Waals surface area contributed by atoms with Gasteiger partial charge in [-0.3, -0.25) is 14.8 Å². The molecule has 2 aliphatic heterocycles. The van der Waals surface area contributed by atoms with Gasteiger partial charge >= 0.3 is 0 Å². The molecule has 2 aromatic heterocycles. The topological polar surface area (TPSA) is 106 Å². The molecule has 2 fully saturated rings. The zero-order valence-corrected chi connectivity index (χ0v) is 21.9. The molecule has 2 aromatic carbocycles. The summed E-state index contributed by atoms with van der Waals surface area (Å²) in [6.07, 6.45) is 0. The van der Waals surface area contributed by atoms with Crippen molar-refractivity contribution in [2.45, 2.75) is 13.0 Å². The van der Waals surface area contributed by atoms with E-state index < -0.39 is 5.82 Å². The van der Waals surface area contributed by atoms with Gasteiger partial charge in [-0.15, -0.1) is 0 Å². The number of nitrogens with one attached hydrogen (secondary N) is 1. The summed E-state index contributed by atoms with van der Waals surface area (Å²) in [5, 5.41) is 12.0. The van der Waals surface area contributed by atoms with Gasteiger partial charge in [0.05, 0.1) is 31.4 Å². The van der Waals surface area contributed by atoms with E-state index in [-0.39, 0.29) is 18.3 Å². The Bertz CT molecular complexity index is 1490. The van der Waals surface area contributed by atoms with Crippen LogP contribution >= 0.6 is 0 Å². The van der Waals surface area contributed by atoms with Crippen molar-refractivity contribution in [1.29, 1.82) is 0 Å². The molecule has 4 aromatic rings. The number of fused-ring (bicyclic) bond motifs is 1. The highest BCUT2D eigenvalue weighted by molar-refractivity contribution is 5.96. The minimum atomic E-state index is -0.504. The fourth-order valence-electron chi connectivity index (χ4n) is 5.03. The van der Waals surface area contributed by atoms with E-state index in [4.69, 9.17) is 18.7 Å². The third-order valence-electron chi connectivity index (χ3n) is 7.39. The number of aromatic amines is 1. The van der Waals surface area contributed by atoms with Gasteiger partial charge in [0.2, 0.25) is 0 Å². The summed E-state index contributed by atoms with van der Waals surface area (Å²) in [7, 11) is 1.56. The predicted molar refractivity (Wildman–Crippen MR) is 141 cm³/mol. The number of ether oxygens (including phenoxy) is 3. The molecule has 204 valence electrons. The lowest BCUT2D eigenvalue weighted by atomic mass is 10.0. The van der Waals surface area contributed by atoms with Gasteiger partial charge in [-0.25, -0.2) is 4.39 Å². The quantitative estimate of drug-likeness (QED) is 0.342. The first kappa shape index (κ1) is 25.5. The van der Waals surface area contributed by atoms with Gasteiger partial charge < -0.3 is 23.6 Å². The van der Waals surface area contributed by atoms with Crippen LogP contribution < -0.4 is 4.74 Å². The van der Waals surface area contributed by atoms with Crippen molar-refractivity contribution in [1.82, 2.24) is 25.2 Å². The first-order valence-corrected chi connectivity index (χ1v) is 13.0. The SMILES string of the molecule is COCCOc1cc2[nH]nc(-c3cc(-c4ccc(C(=O)N5CCN(C6COC6)CC5)c(C)c4)no3)c2cc1F. The summed E-state index contributed by atoms with van der Waals surface area (Å²) in [6.45, 7) is 7.25. The minimum Gasteiger partial charge on any atom is -0.488 e. The summed E-state index contributed by atoms with van der Waals surface area (Å²) in [5.41, 5.74) is 4.01. The Kier molecular flexibility index (Phi) is 7.03. The van der Waals surface area contributed by atoms with Gasteiger partial charge in [0.25, 0.3) is 5.91 Å². The average Bonchev–Trinajstić information content (AvgIpc) is 3.55. The van der Waals surface area contributed by atoms with E-state index in [9.17, 15) is 9.18 Å². The highest BCUT2D eigenvalue weighted by Crippen LogP contribution is 2.33. The standard InChI is InChI=1S/C28H30FN5O5/c1-17-11-18(3-4-20(17)28(35)34-7-5-33(6-8-34)19-15-37-16-19)23-13-26(39-32-23)27-21-12-22(29)25(38-10-9-36-2)14-24(21)30-31-27/h3-4,11-14,19H,5-10,15-16H2,1-2H3,(H,30,31). The third-order valence-corrected chi connectivity index (χ3v) is 7.39. The molecule has 11 heteroatoms. The van der Waals surface area contributed by atoms with Crippen molar-refractivity contribution < 1.29 is 27.9 Å². The van der Waals surface area contributed by atoms with Crippen LogP contribution in [-0.4, -0.2) is 96.8 Å². The van der Waals surface area contributed by atoms with Crippen LogP contribution in [0.15, 0.2) is 40.9 Å². The number of aryl methyl sites for hydroxylation is 1.